The minimum atomic E-state index is -0.799. The Morgan fingerprint density at radius 1 is 1.00 bits per heavy atom. The predicted molar refractivity (Wildman–Crippen MR) is 106 cm³/mol. The Morgan fingerprint density at radius 2 is 1.72 bits per heavy atom. The van der Waals surface area contributed by atoms with Crippen LogP contribution in [0, 0.1) is 23.4 Å². The van der Waals surface area contributed by atoms with E-state index in [2.05, 4.69) is 0 Å². The van der Waals surface area contributed by atoms with E-state index in [-0.39, 0.29) is 23.9 Å². The van der Waals surface area contributed by atoms with E-state index in [9.17, 15) is 18.0 Å². The molecule has 2 aromatic carbocycles. The van der Waals surface area contributed by atoms with Crippen LogP contribution < -0.4 is 0 Å². The van der Waals surface area contributed by atoms with Gasteiger partial charge in [-0.15, -0.1) is 0 Å². The monoisotopic (exact) mass is 404 g/mol. The number of halogens is 3. The summed E-state index contributed by atoms with van der Waals surface area (Å²) in [5.41, 5.74) is 1.67. The van der Waals surface area contributed by atoms with Crippen LogP contribution in [0.2, 0.25) is 0 Å². The van der Waals surface area contributed by atoms with Crippen molar-refractivity contribution in [2.24, 2.45) is 5.92 Å². The number of aldehydes is 1. The zero-order valence-electron chi connectivity index (χ0n) is 16.7. The molecule has 0 aromatic heterocycles. The summed E-state index contributed by atoms with van der Waals surface area (Å²) in [5.74, 6) is -1.42. The second kappa shape index (κ2) is 10.1. The number of carbonyl (C=O) groups excluding carboxylic acids is 1. The average Bonchev–Trinajstić information content (AvgIpc) is 2.74. The van der Waals surface area contributed by atoms with E-state index in [1.807, 2.05) is 6.92 Å². The highest BCUT2D eigenvalue weighted by atomic mass is 19.2. The third kappa shape index (κ3) is 5.27. The molecule has 2 aromatic rings. The molecule has 0 aliphatic heterocycles. The maximum Gasteiger partial charge on any atom is 0.164 e. The number of benzene rings is 2. The van der Waals surface area contributed by atoms with Gasteiger partial charge in [-0.3, -0.25) is 4.79 Å². The molecule has 0 saturated heterocycles. The number of hydrogen-bond donors (Lipinski definition) is 0. The minimum Gasteiger partial charge on any atom is -0.377 e. The topological polar surface area (TPSA) is 26.3 Å². The van der Waals surface area contributed by atoms with Crippen molar-refractivity contribution in [1.82, 2.24) is 0 Å². The summed E-state index contributed by atoms with van der Waals surface area (Å²) < 4.78 is 48.1. The van der Waals surface area contributed by atoms with E-state index in [4.69, 9.17) is 4.74 Å². The highest BCUT2D eigenvalue weighted by Crippen LogP contribution is 2.39. The van der Waals surface area contributed by atoms with Crippen LogP contribution in [0.4, 0.5) is 13.2 Å². The van der Waals surface area contributed by atoms with Gasteiger partial charge in [-0.2, -0.15) is 0 Å². The van der Waals surface area contributed by atoms with Crippen molar-refractivity contribution in [1.29, 1.82) is 0 Å². The quantitative estimate of drug-likeness (QED) is 0.479. The molecule has 0 unspecified atom stereocenters. The molecule has 0 heterocycles. The van der Waals surface area contributed by atoms with Crippen molar-refractivity contribution in [2.45, 2.75) is 58.0 Å². The predicted octanol–water partition coefficient (Wildman–Crippen LogP) is 6.36. The zero-order chi connectivity index (χ0) is 20.8. The Hall–Kier alpha value is -2.14. The molecule has 1 saturated carbocycles. The molecule has 3 rings (SSSR count). The summed E-state index contributed by atoms with van der Waals surface area (Å²) in [7, 11) is 0. The Bertz CT molecular complexity index is 842. The first kappa shape index (κ1) is 21.6. The summed E-state index contributed by atoms with van der Waals surface area (Å²) in [6, 6.07) is 7.90. The summed E-state index contributed by atoms with van der Waals surface area (Å²) in [6.45, 7) is 2.35. The van der Waals surface area contributed by atoms with Crippen LogP contribution in [0.5, 0.6) is 0 Å². The standard InChI is InChI=1S/C24H27F3O2/c1-2-29-15-20-11-12-21(24(27)23(20)26)18-7-3-16(4-8-18)5-9-19-10-6-17(14-28)13-22(19)25/h6,10-14,16,18H,2-5,7-9,15H2,1H3. The van der Waals surface area contributed by atoms with Crippen LogP contribution in [-0.2, 0) is 17.8 Å². The summed E-state index contributed by atoms with van der Waals surface area (Å²) in [5, 5.41) is 0. The van der Waals surface area contributed by atoms with Crippen LogP contribution in [0.15, 0.2) is 30.3 Å². The molecule has 1 aliphatic carbocycles. The van der Waals surface area contributed by atoms with Crippen molar-refractivity contribution in [3.8, 4) is 0 Å². The van der Waals surface area contributed by atoms with Crippen molar-refractivity contribution in [3.63, 3.8) is 0 Å². The van der Waals surface area contributed by atoms with Crippen LogP contribution in [0.1, 0.15) is 72.0 Å². The van der Waals surface area contributed by atoms with Gasteiger partial charge >= 0.3 is 0 Å². The third-order valence-corrected chi connectivity index (χ3v) is 5.98. The first-order valence-corrected chi connectivity index (χ1v) is 10.3. The lowest BCUT2D eigenvalue weighted by Gasteiger charge is -2.29. The number of aryl methyl sites for hydroxylation is 1. The second-order valence-corrected chi connectivity index (χ2v) is 7.80. The largest absolute Gasteiger partial charge is 0.377 e. The Balaban J connectivity index is 1.55. The van der Waals surface area contributed by atoms with Crippen molar-refractivity contribution >= 4 is 6.29 Å². The molecule has 2 nitrogen and oxygen atoms in total. The molecule has 0 atom stereocenters. The lowest BCUT2D eigenvalue weighted by molar-refractivity contribution is 0.112. The summed E-state index contributed by atoms with van der Waals surface area (Å²) >= 11 is 0. The molecule has 0 N–H and O–H groups in total. The second-order valence-electron chi connectivity index (χ2n) is 7.80. The molecule has 1 fully saturated rings. The molecule has 0 spiro atoms. The van der Waals surface area contributed by atoms with Gasteiger partial charge in [0.15, 0.2) is 11.6 Å². The van der Waals surface area contributed by atoms with Crippen LogP contribution in [0.3, 0.4) is 0 Å². The van der Waals surface area contributed by atoms with Gasteiger partial charge in [-0.25, -0.2) is 13.2 Å². The first-order chi connectivity index (χ1) is 14.0. The SMILES string of the molecule is CCOCc1ccc(C2CCC(CCc3ccc(C=O)cc3F)CC2)c(F)c1F. The van der Waals surface area contributed by atoms with Crippen molar-refractivity contribution in [2.75, 3.05) is 6.61 Å². The molecular formula is C24H27F3O2. The highest BCUT2D eigenvalue weighted by Gasteiger charge is 2.26. The smallest absolute Gasteiger partial charge is 0.164 e. The van der Waals surface area contributed by atoms with Gasteiger partial charge in [0, 0.05) is 17.7 Å². The van der Waals surface area contributed by atoms with Gasteiger partial charge in [0.1, 0.15) is 12.1 Å². The average molecular weight is 404 g/mol. The Morgan fingerprint density at radius 3 is 2.38 bits per heavy atom. The zero-order valence-corrected chi connectivity index (χ0v) is 16.7. The minimum absolute atomic E-state index is 0.0190. The van der Waals surface area contributed by atoms with E-state index in [1.165, 1.54) is 6.07 Å². The molecule has 0 bridgehead atoms. The van der Waals surface area contributed by atoms with E-state index in [0.29, 0.717) is 41.9 Å². The lowest BCUT2D eigenvalue weighted by Crippen LogP contribution is -2.16. The molecular weight excluding hydrogens is 377 g/mol. The fraction of sp³-hybridized carbons (Fsp3) is 0.458. The normalized spacial score (nSPS) is 19.3. The molecule has 156 valence electrons. The maximum atomic E-state index is 14.5. The highest BCUT2D eigenvalue weighted by molar-refractivity contribution is 5.74. The lowest BCUT2D eigenvalue weighted by atomic mass is 9.76. The van der Waals surface area contributed by atoms with E-state index in [1.54, 1.807) is 24.3 Å². The van der Waals surface area contributed by atoms with E-state index < -0.39 is 11.6 Å². The molecule has 0 amide bonds. The Kier molecular flexibility index (Phi) is 7.48. The molecule has 0 radical (unpaired) electrons. The molecule has 5 heteroatoms. The molecule has 1 aliphatic rings. The van der Waals surface area contributed by atoms with Crippen molar-refractivity contribution < 1.29 is 22.7 Å². The third-order valence-electron chi connectivity index (χ3n) is 5.98. The summed E-state index contributed by atoms with van der Waals surface area (Å²) in [4.78, 5) is 10.7. The fourth-order valence-electron chi connectivity index (χ4n) is 4.20. The van der Waals surface area contributed by atoms with Gasteiger partial charge < -0.3 is 4.74 Å². The van der Waals surface area contributed by atoms with Gasteiger partial charge in [-0.05, 0) is 74.5 Å². The first-order valence-electron chi connectivity index (χ1n) is 10.3. The molecule has 29 heavy (non-hydrogen) atoms. The van der Waals surface area contributed by atoms with E-state index in [0.717, 1.165) is 32.1 Å². The number of hydrogen-bond acceptors (Lipinski definition) is 2. The van der Waals surface area contributed by atoms with Gasteiger partial charge in [0.25, 0.3) is 0 Å². The number of ether oxygens (including phenoxy) is 1. The van der Waals surface area contributed by atoms with Gasteiger partial charge in [0.2, 0.25) is 0 Å². The number of carbonyl (C=O) groups is 1. The van der Waals surface area contributed by atoms with Gasteiger partial charge in [-0.1, -0.05) is 24.3 Å². The van der Waals surface area contributed by atoms with Crippen LogP contribution in [0.25, 0.3) is 0 Å². The van der Waals surface area contributed by atoms with E-state index >= 15 is 0 Å². The fourth-order valence-corrected chi connectivity index (χ4v) is 4.20. The van der Waals surface area contributed by atoms with Crippen molar-refractivity contribution in [3.05, 3.63) is 70.0 Å². The Labute approximate surface area is 170 Å². The summed E-state index contributed by atoms with van der Waals surface area (Å²) in [6.07, 6.45) is 5.56. The van der Waals surface area contributed by atoms with Gasteiger partial charge in [0.05, 0.1) is 6.61 Å². The van der Waals surface area contributed by atoms with Crippen LogP contribution >= 0.6 is 0 Å². The maximum absolute atomic E-state index is 14.5. The number of rotatable bonds is 8. The van der Waals surface area contributed by atoms with Crippen LogP contribution in [-0.4, -0.2) is 12.9 Å².